The van der Waals surface area contributed by atoms with Crippen LogP contribution in [-0.4, -0.2) is 12.0 Å². The average Bonchev–Trinajstić information content (AvgIpc) is 2.11. The zero-order valence-corrected chi connectivity index (χ0v) is 8.22. The second-order valence-electron chi connectivity index (χ2n) is 2.74. The van der Waals surface area contributed by atoms with Gasteiger partial charge in [0.05, 0.1) is 5.02 Å². The lowest BCUT2D eigenvalue weighted by molar-refractivity contribution is -0.123. The summed E-state index contributed by atoms with van der Waals surface area (Å²) in [6.07, 6.45) is -0.767. The van der Waals surface area contributed by atoms with Crippen molar-refractivity contribution >= 4 is 17.5 Å². The molecule has 0 spiro atoms. The number of rotatable bonds is 3. The van der Waals surface area contributed by atoms with E-state index in [-0.39, 0.29) is 5.02 Å². The van der Waals surface area contributed by atoms with E-state index in [2.05, 4.69) is 0 Å². The largest absolute Gasteiger partial charge is 0.481 e. The molecule has 14 heavy (non-hydrogen) atoms. The molecule has 0 fully saturated rings. The van der Waals surface area contributed by atoms with Crippen LogP contribution in [0, 0.1) is 5.82 Å². The van der Waals surface area contributed by atoms with E-state index >= 15 is 0 Å². The molecule has 5 heteroatoms. The van der Waals surface area contributed by atoms with Crippen LogP contribution in [0.25, 0.3) is 0 Å². The Morgan fingerprint density at radius 1 is 1.64 bits per heavy atom. The summed E-state index contributed by atoms with van der Waals surface area (Å²) in [5.41, 5.74) is 4.98. The van der Waals surface area contributed by atoms with Gasteiger partial charge in [-0.2, -0.15) is 0 Å². The third-order valence-corrected chi connectivity index (χ3v) is 1.89. The molecule has 0 aliphatic heterocycles. The Morgan fingerprint density at radius 3 is 2.79 bits per heavy atom. The summed E-state index contributed by atoms with van der Waals surface area (Å²) in [4.78, 5) is 10.6. The minimum Gasteiger partial charge on any atom is -0.481 e. The summed E-state index contributed by atoms with van der Waals surface area (Å²) in [7, 11) is 0. The summed E-state index contributed by atoms with van der Waals surface area (Å²) in [6.45, 7) is 1.50. The lowest BCUT2D eigenvalue weighted by atomic mass is 10.3. The third kappa shape index (κ3) is 2.60. The molecule has 0 aliphatic carbocycles. The molecule has 3 nitrogen and oxygen atoms in total. The predicted molar refractivity (Wildman–Crippen MR) is 50.7 cm³/mol. The molecule has 0 bridgehead atoms. The van der Waals surface area contributed by atoms with Crippen molar-refractivity contribution in [1.29, 1.82) is 0 Å². The zero-order chi connectivity index (χ0) is 10.7. The molecule has 0 heterocycles. The fraction of sp³-hybridized carbons (Fsp3) is 0.222. The van der Waals surface area contributed by atoms with Crippen molar-refractivity contribution in [2.45, 2.75) is 13.0 Å². The van der Waals surface area contributed by atoms with Gasteiger partial charge in [-0.05, 0) is 19.1 Å². The molecule has 2 N–H and O–H groups in total. The van der Waals surface area contributed by atoms with E-state index < -0.39 is 17.8 Å². The van der Waals surface area contributed by atoms with Gasteiger partial charge in [-0.25, -0.2) is 4.39 Å². The average molecular weight is 218 g/mol. The molecule has 1 atom stereocenters. The molecule has 0 unspecified atom stereocenters. The SMILES string of the molecule is C[C@@H](Oc1ccc(F)c(Cl)c1)C(N)=O. The molecule has 1 aromatic rings. The highest BCUT2D eigenvalue weighted by Gasteiger charge is 2.10. The van der Waals surface area contributed by atoms with Crippen LogP contribution >= 0.6 is 11.6 Å². The lowest BCUT2D eigenvalue weighted by Gasteiger charge is -2.11. The fourth-order valence-electron chi connectivity index (χ4n) is 0.812. The molecule has 0 aliphatic rings. The summed E-state index contributed by atoms with van der Waals surface area (Å²) >= 11 is 5.51. The Hall–Kier alpha value is -1.29. The number of ether oxygens (including phenoxy) is 1. The van der Waals surface area contributed by atoms with Gasteiger partial charge in [-0.15, -0.1) is 0 Å². The van der Waals surface area contributed by atoms with Crippen molar-refractivity contribution in [3.05, 3.63) is 29.0 Å². The summed E-state index contributed by atoms with van der Waals surface area (Å²) in [5, 5.41) is -0.0563. The smallest absolute Gasteiger partial charge is 0.258 e. The maximum atomic E-state index is 12.7. The summed E-state index contributed by atoms with van der Waals surface area (Å²) < 4.78 is 17.8. The Balaban J connectivity index is 2.78. The van der Waals surface area contributed by atoms with E-state index in [9.17, 15) is 9.18 Å². The van der Waals surface area contributed by atoms with E-state index in [1.165, 1.54) is 19.1 Å². The molecule has 1 aromatic carbocycles. The summed E-state index contributed by atoms with van der Waals surface area (Å²) in [5.74, 6) is -0.820. The van der Waals surface area contributed by atoms with E-state index in [1.807, 2.05) is 0 Å². The number of amides is 1. The van der Waals surface area contributed by atoms with Gasteiger partial charge in [0.25, 0.3) is 5.91 Å². The second kappa shape index (κ2) is 4.28. The number of carbonyl (C=O) groups is 1. The Kier molecular flexibility index (Phi) is 3.30. The Morgan fingerprint density at radius 2 is 2.29 bits per heavy atom. The normalized spacial score (nSPS) is 12.2. The molecule has 76 valence electrons. The molecule has 0 aromatic heterocycles. The van der Waals surface area contributed by atoms with Crippen molar-refractivity contribution in [2.24, 2.45) is 5.73 Å². The van der Waals surface area contributed by atoms with Crippen molar-refractivity contribution in [3.63, 3.8) is 0 Å². The van der Waals surface area contributed by atoms with E-state index in [4.69, 9.17) is 22.1 Å². The van der Waals surface area contributed by atoms with E-state index in [0.29, 0.717) is 5.75 Å². The van der Waals surface area contributed by atoms with Crippen LogP contribution in [0.15, 0.2) is 18.2 Å². The third-order valence-electron chi connectivity index (χ3n) is 1.60. The number of hydrogen-bond donors (Lipinski definition) is 1. The van der Waals surface area contributed by atoms with Crippen molar-refractivity contribution in [1.82, 2.24) is 0 Å². The van der Waals surface area contributed by atoms with Gasteiger partial charge in [-0.3, -0.25) is 4.79 Å². The van der Waals surface area contributed by atoms with Crippen LogP contribution < -0.4 is 10.5 Å². The Labute approximate surface area is 85.6 Å². The zero-order valence-electron chi connectivity index (χ0n) is 7.46. The number of primary amides is 1. The number of benzene rings is 1. The first-order chi connectivity index (χ1) is 6.50. The first kappa shape index (κ1) is 10.8. The predicted octanol–water partition coefficient (Wildman–Crippen LogP) is 1.73. The van der Waals surface area contributed by atoms with Gasteiger partial charge < -0.3 is 10.5 Å². The number of carbonyl (C=O) groups excluding carboxylic acids is 1. The molecule has 0 saturated carbocycles. The van der Waals surface area contributed by atoms with Gasteiger partial charge in [0.1, 0.15) is 11.6 Å². The number of halogens is 2. The first-order valence-electron chi connectivity index (χ1n) is 3.91. The Bertz CT molecular complexity index is 357. The first-order valence-corrected chi connectivity index (χ1v) is 4.29. The minimum absolute atomic E-state index is 0.0563. The highest BCUT2D eigenvalue weighted by molar-refractivity contribution is 6.30. The van der Waals surface area contributed by atoms with Crippen LogP contribution in [0.4, 0.5) is 4.39 Å². The molecular weight excluding hydrogens is 209 g/mol. The molecule has 0 saturated heterocycles. The molecule has 0 radical (unpaired) electrons. The van der Waals surface area contributed by atoms with Gasteiger partial charge in [0.15, 0.2) is 6.10 Å². The fourth-order valence-corrected chi connectivity index (χ4v) is 0.983. The maximum absolute atomic E-state index is 12.7. The van der Waals surface area contributed by atoms with Crippen molar-refractivity contribution in [3.8, 4) is 5.75 Å². The number of hydrogen-bond acceptors (Lipinski definition) is 2. The number of nitrogens with two attached hydrogens (primary N) is 1. The van der Waals surface area contributed by atoms with Crippen LogP contribution in [0.3, 0.4) is 0 Å². The van der Waals surface area contributed by atoms with Crippen LogP contribution in [0.2, 0.25) is 5.02 Å². The summed E-state index contributed by atoms with van der Waals surface area (Å²) in [6, 6.07) is 3.82. The molecule has 1 rings (SSSR count). The van der Waals surface area contributed by atoms with Crippen LogP contribution in [0.5, 0.6) is 5.75 Å². The van der Waals surface area contributed by atoms with Crippen LogP contribution in [-0.2, 0) is 4.79 Å². The highest BCUT2D eigenvalue weighted by Crippen LogP contribution is 2.21. The molecule has 1 amide bonds. The van der Waals surface area contributed by atoms with Gasteiger partial charge >= 0.3 is 0 Å². The lowest BCUT2D eigenvalue weighted by Crippen LogP contribution is -2.30. The van der Waals surface area contributed by atoms with E-state index in [1.54, 1.807) is 0 Å². The second-order valence-corrected chi connectivity index (χ2v) is 3.15. The topological polar surface area (TPSA) is 52.3 Å². The monoisotopic (exact) mass is 217 g/mol. The van der Waals surface area contributed by atoms with E-state index in [0.717, 1.165) is 6.07 Å². The quantitative estimate of drug-likeness (QED) is 0.839. The van der Waals surface area contributed by atoms with Crippen LogP contribution in [0.1, 0.15) is 6.92 Å². The van der Waals surface area contributed by atoms with Gasteiger partial charge in [0, 0.05) is 6.07 Å². The van der Waals surface area contributed by atoms with Crippen molar-refractivity contribution < 1.29 is 13.9 Å². The molecular formula is C9H9ClFNO2. The standard InChI is InChI=1S/C9H9ClFNO2/c1-5(9(12)13)14-6-2-3-8(11)7(10)4-6/h2-5H,1H3,(H2,12,13)/t5-/m1/s1. The van der Waals surface area contributed by atoms with Gasteiger partial charge in [-0.1, -0.05) is 11.6 Å². The minimum atomic E-state index is -0.767. The van der Waals surface area contributed by atoms with Crippen molar-refractivity contribution in [2.75, 3.05) is 0 Å². The van der Waals surface area contributed by atoms with Gasteiger partial charge in [0.2, 0.25) is 0 Å². The highest BCUT2D eigenvalue weighted by atomic mass is 35.5. The maximum Gasteiger partial charge on any atom is 0.258 e.